The van der Waals surface area contributed by atoms with Gasteiger partial charge in [-0.15, -0.1) is 0 Å². The molecule has 0 atom stereocenters. The zero-order chi connectivity index (χ0) is 17.3. The predicted molar refractivity (Wildman–Crippen MR) is 93.7 cm³/mol. The Morgan fingerprint density at radius 2 is 2.00 bits per heavy atom. The maximum Gasteiger partial charge on any atom is 0.262 e. The van der Waals surface area contributed by atoms with Crippen molar-refractivity contribution in [3.05, 3.63) is 75.5 Å². The molecule has 0 aromatic heterocycles. The summed E-state index contributed by atoms with van der Waals surface area (Å²) in [6.07, 6.45) is 10.6. The van der Waals surface area contributed by atoms with Crippen LogP contribution in [0.25, 0.3) is 0 Å². The van der Waals surface area contributed by atoms with Crippen molar-refractivity contribution in [2.75, 3.05) is 0 Å². The second kappa shape index (κ2) is 6.75. The highest BCUT2D eigenvalue weighted by Gasteiger charge is 2.20. The van der Waals surface area contributed by atoms with Gasteiger partial charge in [0.15, 0.2) is 5.75 Å². The lowest BCUT2D eigenvalue weighted by Gasteiger charge is -2.22. The number of benzene rings is 1. The van der Waals surface area contributed by atoms with Crippen LogP contribution in [0.1, 0.15) is 30.1 Å². The summed E-state index contributed by atoms with van der Waals surface area (Å²) in [5.41, 5.74) is 2.49. The molecule has 1 aromatic rings. The molecule has 1 N–H and O–H groups in total. The van der Waals surface area contributed by atoms with Crippen molar-refractivity contribution in [3.63, 3.8) is 0 Å². The van der Waals surface area contributed by atoms with Crippen LogP contribution >= 0.6 is 23.2 Å². The predicted octanol–water partition coefficient (Wildman–Crippen LogP) is 5.15. The molecule has 1 heterocycles. The number of carbonyl (C=O) groups is 1. The zero-order valence-corrected chi connectivity index (χ0v) is 14.4. The highest BCUT2D eigenvalue weighted by molar-refractivity contribution is 6.37. The second-order valence-electron chi connectivity index (χ2n) is 5.55. The molecule has 6 heteroatoms. The van der Waals surface area contributed by atoms with Crippen LogP contribution in [0.3, 0.4) is 0 Å². The quantitative estimate of drug-likeness (QED) is 0.790. The van der Waals surface area contributed by atoms with E-state index in [1.807, 2.05) is 13.0 Å². The van der Waals surface area contributed by atoms with E-state index >= 15 is 0 Å². The first-order valence-electron chi connectivity index (χ1n) is 7.39. The van der Waals surface area contributed by atoms with Crippen LogP contribution in [0.2, 0.25) is 10.0 Å². The Bertz CT molecular complexity index is 799. The summed E-state index contributed by atoms with van der Waals surface area (Å²) in [7, 11) is 0. The molecule has 124 valence electrons. The molecule has 2 aliphatic rings. The van der Waals surface area contributed by atoms with Gasteiger partial charge in [0.2, 0.25) is 0 Å². The highest BCUT2D eigenvalue weighted by Crippen LogP contribution is 2.33. The van der Waals surface area contributed by atoms with Crippen molar-refractivity contribution in [1.29, 1.82) is 0 Å². The van der Waals surface area contributed by atoms with Gasteiger partial charge in [-0.1, -0.05) is 40.9 Å². The van der Waals surface area contributed by atoms with Crippen LogP contribution in [-0.2, 0) is 4.74 Å². The molecule has 4 nitrogen and oxygen atoms in total. The maximum absolute atomic E-state index is 12.7. The molecule has 0 bridgehead atoms. The van der Waals surface area contributed by atoms with Crippen molar-refractivity contribution < 1.29 is 14.6 Å². The smallest absolute Gasteiger partial charge is 0.262 e. The van der Waals surface area contributed by atoms with Gasteiger partial charge in [-0.05, 0) is 37.5 Å². The van der Waals surface area contributed by atoms with Crippen LogP contribution in [0, 0.1) is 0 Å². The number of allylic oxidation sites excluding steroid dienone is 4. The summed E-state index contributed by atoms with van der Waals surface area (Å²) in [4.78, 5) is 14.1. The Morgan fingerprint density at radius 3 is 2.67 bits per heavy atom. The van der Waals surface area contributed by atoms with Gasteiger partial charge >= 0.3 is 0 Å². The van der Waals surface area contributed by atoms with Crippen molar-refractivity contribution in [3.8, 4) is 5.75 Å². The Kier molecular flexibility index (Phi) is 4.69. The lowest BCUT2D eigenvalue weighted by Crippen LogP contribution is -2.23. The topological polar surface area (TPSA) is 49.8 Å². The number of carbonyl (C=O) groups excluding carboxylic acids is 1. The molecule has 0 radical (unpaired) electrons. The molecule has 1 aliphatic heterocycles. The van der Waals surface area contributed by atoms with E-state index in [9.17, 15) is 9.90 Å². The molecule has 1 aliphatic carbocycles. The Labute approximate surface area is 149 Å². The number of ether oxygens (including phenoxy) is 1. The van der Waals surface area contributed by atoms with E-state index in [1.165, 1.54) is 35.1 Å². The lowest BCUT2D eigenvalue weighted by atomic mass is 9.99. The van der Waals surface area contributed by atoms with Gasteiger partial charge in [-0.2, -0.15) is 0 Å². The number of halogens is 2. The molecule has 3 rings (SSSR count). The molecule has 24 heavy (non-hydrogen) atoms. The number of aromatic hydroxyl groups is 1. The molecule has 0 saturated carbocycles. The number of phenols is 1. The average molecular weight is 364 g/mol. The first kappa shape index (κ1) is 16.7. The van der Waals surface area contributed by atoms with Gasteiger partial charge in [0.25, 0.3) is 5.91 Å². The summed E-state index contributed by atoms with van der Waals surface area (Å²) in [5, 5.41) is 9.67. The number of nitrogens with zero attached hydrogens (tertiary/aromatic N) is 1. The molecule has 0 unspecified atom stereocenters. The Morgan fingerprint density at radius 1 is 1.29 bits per heavy atom. The molecular weight excluding hydrogens is 349 g/mol. The van der Waals surface area contributed by atoms with Crippen LogP contribution in [0.5, 0.6) is 5.75 Å². The number of hydrogen-bond acceptors (Lipinski definition) is 3. The standard InChI is InChI=1S/C18H15Cl2NO3/c1-11-3-2-4-12(7-11)16-10-21(5-6-24-16)18(23)13-8-14(19)17(22)15(20)9-13/h3,5-10,22H,2,4H2,1H3. The van der Waals surface area contributed by atoms with Gasteiger partial charge in [0.05, 0.1) is 16.2 Å². The fourth-order valence-electron chi connectivity index (χ4n) is 2.55. The summed E-state index contributed by atoms with van der Waals surface area (Å²) in [5.74, 6) is 0.0760. The van der Waals surface area contributed by atoms with E-state index < -0.39 is 0 Å². The number of phenolic OH excluding ortho intramolecular Hbond substituents is 1. The minimum atomic E-state index is -0.320. The highest BCUT2D eigenvalue weighted by atomic mass is 35.5. The van der Waals surface area contributed by atoms with Gasteiger partial charge < -0.3 is 9.84 Å². The van der Waals surface area contributed by atoms with Crippen LogP contribution in [0.4, 0.5) is 0 Å². The van der Waals surface area contributed by atoms with Crippen LogP contribution in [0.15, 0.2) is 59.9 Å². The molecule has 1 aromatic carbocycles. The maximum atomic E-state index is 12.7. The fraction of sp³-hybridized carbons (Fsp3) is 0.167. The largest absolute Gasteiger partial charge is 0.505 e. The van der Waals surface area contributed by atoms with Crippen molar-refractivity contribution in [2.45, 2.75) is 19.8 Å². The van der Waals surface area contributed by atoms with Crippen LogP contribution < -0.4 is 0 Å². The first-order chi connectivity index (χ1) is 11.5. The van der Waals surface area contributed by atoms with Gasteiger partial charge in [-0.25, -0.2) is 0 Å². The van der Waals surface area contributed by atoms with Crippen molar-refractivity contribution in [1.82, 2.24) is 4.90 Å². The van der Waals surface area contributed by atoms with Gasteiger partial charge in [0, 0.05) is 11.8 Å². The molecule has 0 spiro atoms. The Balaban J connectivity index is 1.89. The van der Waals surface area contributed by atoms with E-state index in [4.69, 9.17) is 27.9 Å². The van der Waals surface area contributed by atoms with Gasteiger partial charge in [-0.3, -0.25) is 9.69 Å². The molecule has 1 amide bonds. The molecular formula is C18H15Cl2NO3. The molecule has 0 saturated heterocycles. The van der Waals surface area contributed by atoms with Crippen molar-refractivity contribution in [2.24, 2.45) is 0 Å². The van der Waals surface area contributed by atoms with E-state index in [0.29, 0.717) is 5.76 Å². The monoisotopic (exact) mass is 363 g/mol. The molecule has 0 fully saturated rings. The second-order valence-corrected chi connectivity index (χ2v) is 6.37. The van der Waals surface area contributed by atoms with E-state index in [1.54, 1.807) is 6.20 Å². The van der Waals surface area contributed by atoms with Crippen molar-refractivity contribution >= 4 is 29.1 Å². The Hall–Kier alpha value is -2.17. The minimum Gasteiger partial charge on any atom is -0.505 e. The van der Waals surface area contributed by atoms with E-state index in [-0.39, 0.29) is 27.3 Å². The first-order valence-corrected chi connectivity index (χ1v) is 8.15. The third-order valence-electron chi connectivity index (χ3n) is 3.77. The van der Waals surface area contributed by atoms with E-state index in [0.717, 1.165) is 18.4 Å². The fourth-order valence-corrected chi connectivity index (χ4v) is 3.03. The van der Waals surface area contributed by atoms with E-state index in [2.05, 4.69) is 6.08 Å². The average Bonchev–Trinajstić information content (AvgIpc) is 2.58. The summed E-state index contributed by atoms with van der Waals surface area (Å²) in [6.45, 7) is 2.03. The van der Waals surface area contributed by atoms with Crippen LogP contribution in [-0.4, -0.2) is 15.9 Å². The zero-order valence-electron chi connectivity index (χ0n) is 12.9. The number of amides is 1. The third-order valence-corrected chi connectivity index (χ3v) is 4.35. The number of rotatable bonds is 2. The normalized spacial score (nSPS) is 17.0. The summed E-state index contributed by atoms with van der Waals surface area (Å²) < 4.78 is 5.55. The van der Waals surface area contributed by atoms with Gasteiger partial charge in [0.1, 0.15) is 12.0 Å². The summed E-state index contributed by atoms with van der Waals surface area (Å²) >= 11 is 11.8. The minimum absolute atomic E-state index is 0.0306. The number of hydrogen-bond donors (Lipinski definition) is 1. The SMILES string of the molecule is CC1=CCCC(C2=CN(C(=O)c3cc(Cl)c(O)c(Cl)c3)C=CO2)=C1. The third kappa shape index (κ3) is 3.35. The lowest BCUT2D eigenvalue weighted by molar-refractivity contribution is 0.0855. The summed E-state index contributed by atoms with van der Waals surface area (Å²) in [6, 6.07) is 2.77.